The van der Waals surface area contributed by atoms with Gasteiger partial charge >= 0.3 is 0 Å². The quantitative estimate of drug-likeness (QED) is 0.777. The maximum Gasteiger partial charge on any atom is 0.122 e. The normalized spacial score (nSPS) is 25.2. The number of ether oxygens (including phenoxy) is 1. The van der Waals surface area contributed by atoms with E-state index in [2.05, 4.69) is 39.8 Å². The third-order valence-corrected chi connectivity index (χ3v) is 4.35. The Kier molecular flexibility index (Phi) is 2.47. The molecule has 2 heteroatoms. The highest BCUT2D eigenvalue weighted by Gasteiger charge is 2.63. The SMILES string of the molecule is COc1ccc(C2(C#N)CC2(C)C)c(C)c1C. The Morgan fingerprint density at radius 1 is 1.24 bits per heavy atom. The van der Waals surface area contributed by atoms with Crippen molar-refractivity contribution in [2.75, 3.05) is 7.11 Å². The van der Waals surface area contributed by atoms with Crippen molar-refractivity contribution in [1.29, 1.82) is 5.26 Å². The highest BCUT2D eigenvalue weighted by molar-refractivity contribution is 5.54. The molecule has 90 valence electrons. The largest absolute Gasteiger partial charge is 0.496 e. The molecule has 0 saturated heterocycles. The van der Waals surface area contributed by atoms with E-state index in [0.717, 1.165) is 17.7 Å². The first-order chi connectivity index (χ1) is 7.89. The summed E-state index contributed by atoms with van der Waals surface area (Å²) in [5, 5.41) is 9.51. The van der Waals surface area contributed by atoms with Crippen LogP contribution < -0.4 is 4.74 Å². The first-order valence-corrected chi connectivity index (χ1v) is 5.95. The van der Waals surface area contributed by atoms with Crippen LogP contribution in [0.15, 0.2) is 12.1 Å². The van der Waals surface area contributed by atoms with Gasteiger partial charge in [0.25, 0.3) is 0 Å². The van der Waals surface area contributed by atoms with Crippen LogP contribution in [-0.4, -0.2) is 7.11 Å². The molecular weight excluding hydrogens is 210 g/mol. The van der Waals surface area contributed by atoms with Crippen LogP contribution in [0.2, 0.25) is 0 Å². The molecular formula is C15H19NO. The van der Waals surface area contributed by atoms with Crippen molar-refractivity contribution in [1.82, 2.24) is 0 Å². The van der Waals surface area contributed by atoms with Crippen molar-refractivity contribution in [3.63, 3.8) is 0 Å². The molecule has 0 bridgehead atoms. The standard InChI is InChI=1S/C15H19NO/c1-10-11(2)13(17-5)7-6-12(10)15(9-16)8-14(15,3)4/h6-7H,8H2,1-5H3. The van der Waals surface area contributed by atoms with Gasteiger partial charge in [-0.05, 0) is 48.4 Å². The van der Waals surface area contributed by atoms with Crippen molar-refractivity contribution < 1.29 is 4.74 Å². The number of nitriles is 1. The van der Waals surface area contributed by atoms with Gasteiger partial charge in [-0.3, -0.25) is 0 Å². The second kappa shape index (κ2) is 3.50. The topological polar surface area (TPSA) is 33.0 Å². The molecule has 1 aromatic rings. The number of methoxy groups -OCH3 is 1. The lowest BCUT2D eigenvalue weighted by Gasteiger charge is -2.18. The molecule has 1 saturated carbocycles. The van der Waals surface area contributed by atoms with Crippen molar-refractivity contribution in [2.45, 2.75) is 39.5 Å². The van der Waals surface area contributed by atoms with E-state index in [1.165, 1.54) is 11.1 Å². The van der Waals surface area contributed by atoms with Crippen LogP contribution >= 0.6 is 0 Å². The second-order valence-corrected chi connectivity index (χ2v) is 5.64. The van der Waals surface area contributed by atoms with Gasteiger partial charge in [0.1, 0.15) is 5.75 Å². The monoisotopic (exact) mass is 229 g/mol. The van der Waals surface area contributed by atoms with Crippen molar-refractivity contribution in [3.05, 3.63) is 28.8 Å². The number of hydrogen-bond donors (Lipinski definition) is 0. The van der Waals surface area contributed by atoms with E-state index in [-0.39, 0.29) is 10.8 Å². The molecule has 0 spiro atoms. The molecule has 1 aromatic carbocycles. The lowest BCUT2D eigenvalue weighted by atomic mass is 9.85. The van der Waals surface area contributed by atoms with E-state index < -0.39 is 0 Å². The smallest absolute Gasteiger partial charge is 0.122 e. The zero-order chi connectivity index (χ0) is 12.8. The highest BCUT2D eigenvalue weighted by atomic mass is 16.5. The van der Waals surface area contributed by atoms with Gasteiger partial charge in [-0.15, -0.1) is 0 Å². The second-order valence-electron chi connectivity index (χ2n) is 5.64. The molecule has 2 rings (SSSR count). The predicted molar refractivity (Wildman–Crippen MR) is 68.2 cm³/mol. The molecule has 0 amide bonds. The zero-order valence-corrected chi connectivity index (χ0v) is 11.2. The summed E-state index contributed by atoms with van der Waals surface area (Å²) >= 11 is 0. The van der Waals surface area contributed by atoms with E-state index in [1.807, 2.05) is 6.07 Å². The Morgan fingerprint density at radius 3 is 2.24 bits per heavy atom. The molecule has 1 atom stereocenters. The third-order valence-electron chi connectivity index (χ3n) is 4.35. The molecule has 0 radical (unpaired) electrons. The van der Waals surface area contributed by atoms with E-state index in [1.54, 1.807) is 7.11 Å². The summed E-state index contributed by atoms with van der Waals surface area (Å²) in [6.07, 6.45) is 0.948. The number of benzene rings is 1. The maximum absolute atomic E-state index is 9.51. The minimum Gasteiger partial charge on any atom is -0.496 e. The van der Waals surface area contributed by atoms with Crippen molar-refractivity contribution >= 4 is 0 Å². The lowest BCUT2D eigenvalue weighted by molar-refractivity contribution is 0.410. The Hall–Kier alpha value is -1.49. The molecule has 17 heavy (non-hydrogen) atoms. The molecule has 0 N–H and O–H groups in total. The summed E-state index contributed by atoms with van der Waals surface area (Å²) in [6.45, 7) is 8.46. The molecule has 1 unspecified atom stereocenters. The molecule has 0 heterocycles. The Morgan fingerprint density at radius 2 is 1.82 bits per heavy atom. The fourth-order valence-corrected chi connectivity index (χ4v) is 2.81. The summed E-state index contributed by atoms with van der Waals surface area (Å²) in [4.78, 5) is 0. The summed E-state index contributed by atoms with van der Waals surface area (Å²) in [5.74, 6) is 0.901. The molecule has 2 nitrogen and oxygen atoms in total. The van der Waals surface area contributed by atoms with Gasteiger partial charge in [0, 0.05) is 0 Å². The van der Waals surface area contributed by atoms with Crippen LogP contribution in [-0.2, 0) is 5.41 Å². The fourth-order valence-electron chi connectivity index (χ4n) is 2.81. The average molecular weight is 229 g/mol. The van der Waals surface area contributed by atoms with Crippen LogP contribution in [0.25, 0.3) is 0 Å². The fraction of sp³-hybridized carbons (Fsp3) is 0.533. The maximum atomic E-state index is 9.51. The molecule has 1 aliphatic carbocycles. The van der Waals surface area contributed by atoms with Crippen molar-refractivity contribution in [2.24, 2.45) is 5.41 Å². The summed E-state index contributed by atoms with van der Waals surface area (Å²) in [7, 11) is 1.68. The summed E-state index contributed by atoms with van der Waals surface area (Å²) in [5.41, 5.74) is 3.30. The van der Waals surface area contributed by atoms with Gasteiger partial charge in [-0.1, -0.05) is 19.9 Å². The summed E-state index contributed by atoms with van der Waals surface area (Å²) in [6, 6.07) is 6.56. The van der Waals surface area contributed by atoms with Gasteiger partial charge in [-0.25, -0.2) is 0 Å². The highest BCUT2D eigenvalue weighted by Crippen LogP contribution is 2.64. The number of rotatable bonds is 2. The van der Waals surface area contributed by atoms with E-state index in [4.69, 9.17) is 4.74 Å². The first-order valence-electron chi connectivity index (χ1n) is 5.95. The lowest BCUT2D eigenvalue weighted by Crippen LogP contribution is -2.14. The van der Waals surface area contributed by atoms with Gasteiger partial charge in [0.15, 0.2) is 0 Å². The Labute approximate surface area is 103 Å². The van der Waals surface area contributed by atoms with Crippen LogP contribution in [0, 0.1) is 30.6 Å². The minimum atomic E-state index is -0.298. The van der Waals surface area contributed by atoms with Crippen LogP contribution in [0.5, 0.6) is 5.75 Å². The van der Waals surface area contributed by atoms with Gasteiger partial charge < -0.3 is 4.74 Å². The predicted octanol–water partition coefficient (Wildman–Crippen LogP) is 3.50. The van der Waals surface area contributed by atoms with E-state index in [0.29, 0.717) is 0 Å². The molecule has 0 aliphatic heterocycles. The third kappa shape index (κ3) is 1.45. The Balaban J connectivity index is 2.57. The van der Waals surface area contributed by atoms with Crippen LogP contribution in [0.1, 0.15) is 37.0 Å². The number of nitrogens with zero attached hydrogens (tertiary/aromatic N) is 1. The van der Waals surface area contributed by atoms with Gasteiger partial charge in [-0.2, -0.15) is 5.26 Å². The molecule has 1 aliphatic rings. The van der Waals surface area contributed by atoms with E-state index in [9.17, 15) is 5.26 Å². The minimum absolute atomic E-state index is 0.0908. The number of hydrogen-bond acceptors (Lipinski definition) is 2. The van der Waals surface area contributed by atoms with Crippen LogP contribution in [0.4, 0.5) is 0 Å². The molecule has 0 aromatic heterocycles. The average Bonchev–Trinajstić information content (AvgIpc) is 2.86. The zero-order valence-electron chi connectivity index (χ0n) is 11.2. The first kappa shape index (κ1) is 12.0. The van der Waals surface area contributed by atoms with Gasteiger partial charge in [0.05, 0.1) is 18.6 Å². The van der Waals surface area contributed by atoms with Crippen molar-refractivity contribution in [3.8, 4) is 11.8 Å². The van der Waals surface area contributed by atoms with Gasteiger partial charge in [0.2, 0.25) is 0 Å². The van der Waals surface area contributed by atoms with Crippen LogP contribution in [0.3, 0.4) is 0 Å². The molecule has 1 fully saturated rings. The summed E-state index contributed by atoms with van der Waals surface area (Å²) < 4.78 is 5.32. The van der Waals surface area contributed by atoms with E-state index >= 15 is 0 Å². The Bertz CT molecular complexity index is 510.